The SMILES string of the molecule is COC[C@H]1O[C@H](OC(OS(=O)(=O)C(F)(F)F)[C@H]2OC[C@H](OCc3ccccc3)[C@@H](OCc3ccccc3)[C@@H]2OCc2ccccc2)[C@H](OCc2ccccc2)[C@@H](OCc2ccccc2)[C@@H]1OCc1ccccc1. The molecule has 73 heavy (non-hydrogen) atoms. The van der Waals surface area contributed by atoms with Crippen molar-refractivity contribution in [2.24, 2.45) is 0 Å². The third-order valence-corrected chi connectivity index (χ3v) is 13.2. The van der Waals surface area contributed by atoms with Crippen molar-refractivity contribution in [3.05, 3.63) is 215 Å². The molecule has 0 amide bonds. The first-order valence-corrected chi connectivity index (χ1v) is 25.3. The number of ether oxygens (including phenoxy) is 10. The van der Waals surface area contributed by atoms with Crippen LogP contribution in [0.2, 0.25) is 0 Å². The van der Waals surface area contributed by atoms with E-state index < -0.39 is 77.0 Å². The van der Waals surface area contributed by atoms with Gasteiger partial charge in [-0.1, -0.05) is 182 Å². The maximum Gasteiger partial charge on any atom is 0.523 e. The third-order valence-electron chi connectivity index (χ3n) is 12.2. The highest BCUT2D eigenvalue weighted by atomic mass is 32.2. The molecule has 0 radical (unpaired) electrons. The Morgan fingerprint density at radius 2 is 0.849 bits per heavy atom. The topological polar surface area (TPSA) is 136 Å². The smallest absolute Gasteiger partial charge is 0.382 e. The van der Waals surface area contributed by atoms with Crippen molar-refractivity contribution in [3.8, 4) is 0 Å². The van der Waals surface area contributed by atoms with Gasteiger partial charge in [0.1, 0.15) is 48.8 Å². The van der Waals surface area contributed by atoms with Crippen LogP contribution in [0.1, 0.15) is 33.4 Å². The average molecular weight is 1030 g/mol. The molecule has 8 rings (SSSR count). The minimum absolute atomic E-state index is 0.00644. The van der Waals surface area contributed by atoms with Crippen LogP contribution < -0.4 is 0 Å². The van der Waals surface area contributed by atoms with E-state index in [1.807, 2.05) is 158 Å². The van der Waals surface area contributed by atoms with Gasteiger partial charge in [-0.2, -0.15) is 21.6 Å². The predicted octanol–water partition coefficient (Wildman–Crippen LogP) is 9.48. The van der Waals surface area contributed by atoms with E-state index in [0.29, 0.717) is 5.56 Å². The molecule has 2 aliphatic heterocycles. The van der Waals surface area contributed by atoms with Gasteiger partial charge in [-0.15, -0.1) is 0 Å². The summed E-state index contributed by atoms with van der Waals surface area (Å²) < 4.78 is 141. The minimum atomic E-state index is -6.44. The summed E-state index contributed by atoms with van der Waals surface area (Å²) in [7, 11) is -4.99. The normalized spacial score (nSPS) is 24.0. The van der Waals surface area contributed by atoms with Crippen LogP contribution in [-0.2, 0) is 101 Å². The Labute approximate surface area is 424 Å². The molecule has 2 saturated heterocycles. The number of hydrogen-bond donors (Lipinski definition) is 0. The summed E-state index contributed by atoms with van der Waals surface area (Å²) in [6, 6.07) is 55.4. The molecule has 1 unspecified atom stereocenters. The van der Waals surface area contributed by atoms with Gasteiger partial charge in [0.05, 0.1) is 52.9 Å². The molecule has 388 valence electrons. The molecule has 0 aliphatic carbocycles. The lowest BCUT2D eigenvalue weighted by Crippen LogP contribution is -2.65. The first kappa shape index (κ1) is 53.9. The Kier molecular flexibility index (Phi) is 19.7. The Bertz CT molecular complexity index is 2610. The van der Waals surface area contributed by atoms with Crippen LogP contribution in [0.4, 0.5) is 13.2 Å². The quantitative estimate of drug-likeness (QED) is 0.0306. The summed E-state index contributed by atoms with van der Waals surface area (Å²) in [6.07, 6.45) is -13.8. The van der Waals surface area contributed by atoms with E-state index in [4.69, 9.17) is 51.6 Å². The Morgan fingerprint density at radius 1 is 0.493 bits per heavy atom. The average Bonchev–Trinajstić information content (AvgIpc) is 3.41. The lowest BCUT2D eigenvalue weighted by molar-refractivity contribution is -0.367. The molecule has 0 bridgehead atoms. The Hall–Kier alpha value is -5.38. The van der Waals surface area contributed by atoms with Gasteiger partial charge in [-0.3, -0.25) is 0 Å². The zero-order valence-corrected chi connectivity index (χ0v) is 40.9. The number of rotatable bonds is 25. The van der Waals surface area contributed by atoms with Crippen molar-refractivity contribution < 1.29 is 73.1 Å². The van der Waals surface area contributed by atoms with Crippen molar-refractivity contribution in [3.63, 3.8) is 0 Å². The molecule has 10 atom stereocenters. The van der Waals surface area contributed by atoms with Gasteiger partial charge in [-0.25, -0.2) is 4.18 Å². The maximum absolute atomic E-state index is 14.7. The summed E-state index contributed by atoms with van der Waals surface area (Å²) in [5, 5.41) is 0. The van der Waals surface area contributed by atoms with Crippen LogP contribution in [0.5, 0.6) is 0 Å². The van der Waals surface area contributed by atoms with E-state index in [0.717, 1.165) is 27.8 Å². The predicted molar refractivity (Wildman–Crippen MR) is 261 cm³/mol. The summed E-state index contributed by atoms with van der Waals surface area (Å²) in [6.45, 7) is -0.386. The van der Waals surface area contributed by atoms with Crippen molar-refractivity contribution >= 4 is 10.1 Å². The third kappa shape index (κ3) is 15.4. The number of halogens is 3. The summed E-state index contributed by atoms with van der Waals surface area (Å²) in [5.41, 5.74) is -1.29. The fraction of sp³-hybridized carbons (Fsp3) is 0.357. The molecule has 6 aromatic rings. The van der Waals surface area contributed by atoms with Crippen LogP contribution >= 0.6 is 0 Å². The highest BCUT2D eigenvalue weighted by Crippen LogP contribution is 2.37. The molecule has 2 aliphatic rings. The molecule has 0 N–H and O–H groups in total. The van der Waals surface area contributed by atoms with Crippen molar-refractivity contribution in [2.75, 3.05) is 20.3 Å². The number of alkyl halides is 3. The van der Waals surface area contributed by atoms with Gasteiger partial charge in [0, 0.05) is 7.11 Å². The fourth-order valence-electron chi connectivity index (χ4n) is 8.49. The van der Waals surface area contributed by atoms with E-state index in [2.05, 4.69) is 0 Å². The van der Waals surface area contributed by atoms with E-state index in [9.17, 15) is 21.6 Å². The molecular weight excluding hydrogens is 970 g/mol. The summed E-state index contributed by atoms with van der Waals surface area (Å²) in [5.74, 6) is 0. The first-order chi connectivity index (χ1) is 35.5. The molecule has 0 aromatic heterocycles. The molecule has 2 fully saturated rings. The molecule has 13 nitrogen and oxygen atoms in total. The van der Waals surface area contributed by atoms with E-state index >= 15 is 0 Å². The highest BCUT2D eigenvalue weighted by molar-refractivity contribution is 7.87. The van der Waals surface area contributed by atoms with Crippen LogP contribution in [-0.4, -0.2) is 95.7 Å². The monoisotopic (exact) mass is 1030 g/mol. The summed E-state index contributed by atoms with van der Waals surface area (Å²) >= 11 is 0. The van der Waals surface area contributed by atoms with E-state index in [1.54, 1.807) is 24.3 Å². The van der Waals surface area contributed by atoms with Gasteiger partial charge in [0.15, 0.2) is 6.29 Å². The number of benzene rings is 6. The Morgan fingerprint density at radius 3 is 1.25 bits per heavy atom. The lowest BCUT2D eigenvalue weighted by atomic mass is 9.97. The van der Waals surface area contributed by atoms with Crippen molar-refractivity contribution in [1.82, 2.24) is 0 Å². The van der Waals surface area contributed by atoms with Gasteiger partial charge < -0.3 is 47.4 Å². The molecular formula is C56H59F3O13S. The van der Waals surface area contributed by atoms with Gasteiger partial charge in [0.25, 0.3) is 0 Å². The second-order valence-electron chi connectivity index (χ2n) is 17.4. The van der Waals surface area contributed by atoms with Gasteiger partial charge >= 0.3 is 15.6 Å². The van der Waals surface area contributed by atoms with E-state index in [-0.39, 0.29) is 52.9 Å². The van der Waals surface area contributed by atoms with Crippen LogP contribution in [0.3, 0.4) is 0 Å². The maximum atomic E-state index is 14.7. The Balaban J connectivity index is 1.20. The van der Waals surface area contributed by atoms with Gasteiger partial charge in [0.2, 0.25) is 6.29 Å². The van der Waals surface area contributed by atoms with Crippen LogP contribution in [0.25, 0.3) is 0 Å². The van der Waals surface area contributed by atoms with Crippen molar-refractivity contribution in [1.29, 1.82) is 0 Å². The second kappa shape index (κ2) is 26.7. The molecule has 0 saturated carbocycles. The molecule has 0 spiro atoms. The largest absolute Gasteiger partial charge is 0.523 e. The van der Waals surface area contributed by atoms with Crippen LogP contribution in [0, 0.1) is 0 Å². The number of hydrogen-bond acceptors (Lipinski definition) is 13. The fourth-order valence-corrected chi connectivity index (χ4v) is 9.01. The molecule has 6 aromatic carbocycles. The lowest BCUT2D eigenvalue weighted by Gasteiger charge is -2.48. The second-order valence-corrected chi connectivity index (χ2v) is 19.0. The van der Waals surface area contributed by atoms with Gasteiger partial charge in [-0.05, 0) is 33.4 Å². The van der Waals surface area contributed by atoms with Crippen LogP contribution in [0.15, 0.2) is 182 Å². The molecule has 17 heteroatoms. The zero-order valence-electron chi connectivity index (χ0n) is 40.1. The molecule has 2 heterocycles. The first-order valence-electron chi connectivity index (χ1n) is 23.9. The highest BCUT2D eigenvalue weighted by Gasteiger charge is 2.56. The standard InChI is InChI=1S/C56H59F3O13S/c1-62-38-47-49(65-34-42-24-12-4-13-25-42)51(67-36-44-28-16-6-17-29-44)52(68-37-45-30-18-7-19-31-45)54(70-47)71-55(72-73(60,61)56(57,58)59)53-50(66-35-43-26-14-5-15-27-43)48(64-33-41-22-10-3-11-23-41)46(39-69-53)63-32-40-20-8-2-9-21-40/h2-31,46-55H,32-39H2,1H3/t46-,47+,48+,49+,50-,51-,52+,53-,54+,55?/m0/s1. The van der Waals surface area contributed by atoms with E-state index in [1.165, 1.54) is 7.11 Å². The minimum Gasteiger partial charge on any atom is -0.382 e. The number of methoxy groups -OCH3 is 1. The van der Waals surface area contributed by atoms with Crippen molar-refractivity contribution in [2.45, 2.75) is 107 Å². The zero-order chi connectivity index (χ0) is 50.9. The summed E-state index contributed by atoms with van der Waals surface area (Å²) in [4.78, 5) is 0.